The Hall–Kier alpha value is -1.35. The molecule has 0 N–H and O–H groups in total. The van der Waals surface area contributed by atoms with Crippen LogP contribution in [0.4, 0.5) is 0 Å². The number of carbonyl (C=O) groups excluding carboxylic acids is 1. The van der Waals surface area contributed by atoms with Crippen LogP contribution in [0.5, 0.6) is 0 Å². The molecule has 2 atom stereocenters. The molecule has 1 aliphatic carbocycles. The van der Waals surface area contributed by atoms with Gasteiger partial charge >= 0.3 is 5.97 Å². The number of hydrogen-bond acceptors (Lipinski definition) is 3. The Labute approximate surface area is 108 Å². The van der Waals surface area contributed by atoms with Crippen LogP contribution in [0.3, 0.4) is 0 Å². The molecular weight excluding hydrogens is 228 g/mol. The van der Waals surface area contributed by atoms with Crippen molar-refractivity contribution in [3.05, 3.63) is 35.4 Å². The zero-order chi connectivity index (χ0) is 13.0. The molecule has 0 spiro atoms. The van der Waals surface area contributed by atoms with E-state index in [9.17, 15) is 4.79 Å². The van der Waals surface area contributed by atoms with Crippen LogP contribution in [0.1, 0.15) is 48.5 Å². The predicted octanol–water partition coefficient (Wildman–Crippen LogP) is 3.66. The highest BCUT2D eigenvalue weighted by Gasteiger charge is 2.22. The second kappa shape index (κ2) is 6.01. The molecule has 0 amide bonds. The smallest absolute Gasteiger partial charge is 0.293 e. The van der Waals surface area contributed by atoms with Crippen LogP contribution in [-0.4, -0.2) is 12.1 Å². The maximum absolute atomic E-state index is 11.8. The Kier molecular flexibility index (Phi) is 4.37. The van der Waals surface area contributed by atoms with Crippen molar-refractivity contribution in [2.45, 2.75) is 45.6 Å². The maximum Gasteiger partial charge on any atom is 0.373 e. The first-order chi connectivity index (χ1) is 8.66. The summed E-state index contributed by atoms with van der Waals surface area (Å²) in [5.41, 5.74) is 1.48. The van der Waals surface area contributed by atoms with E-state index in [0.29, 0.717) is 11.5 Å². The van der Waals surface area contributed by atoms with Gasteiger partial charge in [-0.3, -0.25) is 4.89 Å². The summed E-state index contributed by atoms with van der Waals surface area (Å²) in [5, 5.41) is 0. The van der Waals surface area contributed by atoms with Gasteiger partial charge in [0.2, 0.25) is 0 Å². The van der Waals surface area contributed by atoms with Crippen LogP contribution in [0.25, 0.3) is 0 Å². The summed E-state index contributed by atoms with van der Waals surface area (Å²) in [6.45, 7) is 4.10. The number of aryl methyl sites for hydroxylation is 1. The van der Waals surface area contributed by atoms with Crippen molar-refractivity contribution >= 4 is 5.97 Å². The number of carbonyl (C=O) groups is 1. The largest absolute Gasteiger partial charge is 0.373 e. The standard InChI is InChI=1S/C15H20O3/c1-11-6-5-8-13(10-11)17-18-15(16)14-9-4-3-7-12(14)2/h3-4,7,9,11,13H,5-6,8,10H2,1-2H3. The van der Waals surface area contributed by atoms with Crippen molar-refractivity contribution in [2.75, 3.05) is 0 Å². The van der Waals surface area contributed by atoms with Crippen LogP contribution in [0.2, 0.25) is 0 Å². The molecule has 1 saturated carbocycles. The molecule has 2 rings (SSSR count). The molecule has 1 aromatic carbocycles. The van der Waals surface area contributed by atoms with E-state index >= 15 is 0 Å². The van der Waals surface area contributed by atoms with Gasteiger partial charge in [-0.25, -0.2) is 4.79 Å². The topological polar surface area (TPSA) is 35.5 Å². The predicted molar refractivity (Wildman–Crippen MR) is 69.1 cm³/mol. The number of hydrogen-bond donors (Lipinski definition) is 0. The van der Waals surface area contributed by atoms with Crippen molar-refractivity contribution in [2.24, 2.45) is 5.92 Å². The quantitative estimate of drug-likeness (QED) is 0.605. The van der Waals surface area contributed by atoms with Crippen LogP contribution >= 0.6 is 0 Å². The van der Waals surface area contributed by atoms with E-state index in [0.717, 1.165) is 24.8 Å². The van der Waals surface area contributed by atoms with Gasteiger partial charge in [0.1, 0.15) is 6.10 Å². The Morgan fingerprint density at radius 2 is 2.06 bits per heavy atom. The minimum atomic E-state index is -0.397. The van der Waals surface area contributed by atoms with Crippen LogP contribution in [0.15, 0.2) is 24.3 Å². The van der Waals surface area contributed by atoms with Gasteiger partial charge in [-0.15, -0.1) is 0 Å². The van der Waals surface area contributed by atoms with E-state index in [1.54, 1.807) is 6.07 Å². The molecule has 18 heavy (non-hydrogen) atoms. The molecule has 0 heterocycles. The van der Waals surface area contributed by atoms with E-state index in [4.69, 9.17) is 9.78 Å². The molecule has 1 aliphatic rings. The van der Waals surface area contributed by atoms with Crippen molar-refractivity contribution in [1.82, 2.24) is 0 Å². The van der Waals surface area contributed by atoms with Crippen LogP contribution in [0, 0.1) is 12.8 Å². The van der Waals surface area contributed by atoms with Crippen molar-refractivity contribution < 1.29 is 14.6 Å². The average molecular weight is 248 g/mol. The van der Waals surface area contributed by atoms with Gasteiger partial charge in [0, 0.05) is 0 Å². The Bertz CT molecular complexity index is 414. The molecule has 0 bridgehead atoms. The lowest BCUT2D eigenvalue weighted by molar-refractivity contribution is -0.281. The maximum atomic E-state index is 11.8. The summed E-state index contributed by atoms with van der Waals surface area (Å²) in [6.07, 6.45) is 4.40. The molecule has 0 saturated heterocycles. The molecule has 1 fully saturated rings. The fourth-order valence-corrected chi connectivity index (χ4v) is 2.42. The normalized spacial score (nSPS) is 23.7. The highest BCUT2D eigenvalue weighted by Crippen LogP contribution is 2.26. The zero-order valence-corrected chi connectivity index (χ0v) is 11.0. The minimum absolute atomic E-state index is 0.0571. The minimum Gasteiger partial charge on any atom is -0.293 e. The van der Waals surface area contributed by atoms with Gasteiger partial charge in [0.25, 0.3) is 0 Å². The van der Waals surface area contributed by atoms with Crippen molar-refractivity contribution in [3.8, 4) is 0 Å². The lowest BCUT2D eigenvalue weighted by atomic mass is 9.89. The molecule has 0 aromatic heterocycles. The fraction of sp³-hybridized carbons (Fsp3) is 0.533. The van der Waals surface area contributed by atoms with E-state index in [1.165, 1.54) is 6.42 Å². The van der Waals surface area contributed by atoms with Gasteiger partial charge in [0.05, 0.1) is 5.56 Å². The fourth-order valence-electron chi connectivity index (χ4n) is 2.42. The Balaban J connectivity index is 1.87. The molecule has 1 aromatic rings. The second-order valence-corrected chi connectivity index (χ2v) is 5.18. The molecule has 3 nitrogen and oxygen atoms in total. The summed E-state index contributed by atoms with van der Waals surface area (Å²) < 4.78 is 0. The Morgan fingerprint density at radius 3 is 2.78 bits per heavy atom. The Morgan fingerprint density at radius 1 is 1.28 bits per heavy atom. The highest BCUT2D eigenvalue weighted by molar-refractivity contribution is 5.90. The molecule has 0 radical (unpaired) electrons. The number of benzene rings is 1. The van der Waals surface area contributed by atoms with Gasteiger partial charge in [0.15, 0.2) is 0 Å². The average Bonchev–Trinajstić information content (AvgIpc) is 2.37. The lowest BCUT2D eigenvalue weighted by Gasteiger charge is -2.24. The first-order valence-electron chi connectivity index (χ1n) is 6.60. The van der Waals surface area contributed by atoms with Gasteiger partial charge in [-0.05, 0) is 37.3 Å². The molecule has 3 heteroatoms. The molecular formula is C15H20O3. The third kappa shape index (κ3) is 3.33. The van der Waals surface area contributed by atoms with E-state index in [2.05, 4.69) is 6.92 Å². The summed E-state index contributed by atoms with van der Waals surface area (Å²) in [4.78, 5) is 22.1. The van der Waals surface area contributed by atoms with E-state index < -0.39 is 5.97 Å². The first kappa shape index (κ1) is 13.1. The molecule has 2 unspecified atom stereocenters. The monoisotopic (exact) mass is 248 g/mol. The van der Waals surface area contributed by atoms with Gasteiger partial charge in [-0.2, -0.15) is 4.89 Å². The van der Waals surface area contributed by atoms with Crippen LogP contribution in [-0.2, 0) is 9.78 Å². The van der Waals surface area contributed by atoms with Gasteiger partial charge < -0.3 is 0 Å². The second-order valence-electron chi connectivity index (χ2n) is 5.18. The summed E-state index contributed by atoms with van der Waals surface area (Å²) in [6, 6.07) is 7.37. The first-order valence-corrected chi connectivity index (χ1v) is 6.60. The van der Waals surface area contributed by atoms with E-state index in [-0.39, 0.29) is 6.10 Å². The highest BCUT2D eigenvalue weighted by atomic mass is 17.2. The van der Waals surface area contributed by atoms with Gasteiger partial charge in [-0.1, -0.05) is 38.0 Å². The van der Waals surface area contributed by atoms with Crippen molar-refractivity contribution in [1.29, 1.82) is 0 Å². The molecule has 0 aliphatic heterocycles. The number of rotatable bonds is 3. The van der Waals surface area contributed by atoms with E-state index in [1.807, 2.05) is 25.1 Å². The summed E-state index contributed by atoms with van der Waals surface area (Å²) in [7, 11) is 0. The summed E-state index contributed by atoms with van der Waals surface area (Å²) >= 11 is 0. The van der Waals surface area contributed by atoms with Crippen LogP contribution < -0.4 is 0 Å². The summed E-state index contributed by atoms with van der Waals surface area (Å²) in [5.74, 6) is 0.257. The SMILES string of the molecule is Cc1ccccc1C(=O)OOC1CCCC(C)C1. The molecule has 98 valence electrons. The zero-order valence-electron chi connectivity index (χ0n) is 11.0. The third-order valence-electron chi connectivity index (χ3n) is 3.51. The lowest BCUT2D eigenvalue weighted by Crippen LogP contribution is -2.23. The third-order valence-corrected chi connectivity index (χ3v) is 3.51. The van der Waals surface area contributed by atoms with Crippen molar-refractivity contribution in [3.63, 3.8) is 0 Å².